The van der Waals surface area contributed by atoms with E-state index in [4.69, 9.17) is 0 Å². The lowest BCUT2D eigenvalue weighted by atomic mass is 10.1. The molecule has 31 heavy (non-hydrogen) atoms. The first-order chi connectivity index (χ1) is 14.6. The van der Waals surface area contributed by atoms with E-state index in [0.29, 0.717) is 36.2 Å². The van der Waals surface area contributed by atoms with Crippen molar-refractivity contribution in [2.24, 2.45) is 0 Å². The van der Waals surface area contributed by atoms with Gasteiger partial charge in [-0.3, -0.25) is 9.10 Å². The second kappa shape index (κ2) is 7.94. The fourth-order valence-corrected chi connectivity index (χ4v) is 7.69. The molecular weight excluding hydrogens is 436 g/mol. The molecule has 1 amide bonds. The van der Waals surface area contributed by atoms with Crippen LogP contribution in [0.1, 0.15) is 48.5 Å². The van der Waals surface area contributed by atoms with Gasteiger partial charge in [-0.2, -0.15) is 0 Å². The van der Waals surface area contributed by atoms with Crippen LogP contribution >= 0.6 is 0 Å². The van der Waals surface area contributed by atoms with E-state index in [1.165, 1.54) is 22.7 Å². The van der Waals surface area contributed by atoms with E-state index in [1.807, 2.05) is 6.92 Å². The molecule has 1 atom stereocenters. The summed E-state index contributed by atoms with van der Waals surface area (Å²) in [5, 5.41) is 2.47. The average Bonchev–Trinajstić information content (AvgIpc) is 3.34. The van der Waals surface area contributed by atoms with Crippen molar-refractivity contribution < 1.29 is 21.6 Å². The number of sulfone groups is 1. The first kappa shape index (κ1) is 21.8. The van der Waals surface area contributed by atoms with Crippen molar-refractivity contribution in [3.8, 4) is 0 Å². The number of nitrogens with zero attached hydrogens (tertiary/aromatic N) is 1. The first-order valence-electron chi connectivity index (χ1n) is 10.3. The third-order valence-electron chi connectivity index (χ3n) is 6.03. The van der Waals surface area contributed by atoms with Gasteiger partial charge in [-0.25, -0.2) is 16.8 Å². The topological polar surface area (TPSA) is 101 Å². The second-order valence-electron chi connectivity index (χ2n) is 8.39. The summed E-state index contributed by atoms with van der Waals surface area (Å²) in [7, 11) is -6.72. The molecule has 1 saturated carbocycles. The molecule has 1 aliphatic heterocycles. The fraction of sp³-hybridized carbons (Fsp3) is 0.409. The summed E-state index contributed by atoms with van der Waals surface area (Å²) >= 11 is 0. The third kappa shape index (κ3) is 4.21. The molecule has 0 radical (unpaired) electrons. The predicted molar refractivity (Wildman–Crippen MR) is 121 cm³/mol. The van der Waals surface area contributed by atoms with Crippen LogP contribution in [0.4, 0.5) is 11.4 Å². The van der Waals surface area contributed by atoms with Crippen molar-refractivity contribution in [2.45, 2.75) is 55.2 Å². The molecule has 7 nitrogen and oxygen atoms in total. The Bertz CT molecular complexity index is 1220. The largest absolute Gasteiger partial charge is 0.322 e. The fourth-order valence-electron chi connectivity index (χ4n) is 4.57. The van der Waals surface area contributed by atoms with Gasteiger partial charge in [0.1, 0.15) is 0 Å². The molecule has 2 aromatic carbocycles. The van der Waals surface area contributed by atoms with Crippen LogP contribution in [0.15, 0.2) is 47.4 Å². The van der Waals surface area contributed by atoms with Gasteiger partial charge in [0.05, 0.1) is 22.1 Å². The Morgan fingerprint density at radius 2 is 1.65 bits per heavy atom. The van der Waals surface area contributed by atoms with Crippen molar-refractivity contribution in [2.75, 3.05) is 15.9 Å². The molecule has 0 bridgehead atoms. The lowest BCUT2D eigenvalue weighted by Gasteiger charge is -2.21. The molecular formula is C22H26N2O5S2. The number of fused-ring (bicyclic) bond motifs is 1. The Hall–Kier alpha value is -2.39. The maximum absolute atomic E-state index is 12.7. The van der Waals surface area contributed by atoms with Crippen LogP contribution in [0, 0.1) is 0 Å². The summed E-state index contributed by atoms with van der Waals surface area (Å²) in [6.07, 6.45) is 5.01. The SMILES string of the molecule is CC1Cc2cc(C(=O)Nc3ccc(S(=O)(=O)C4CCCC4)cc3)ccc2N1S(C)(=O)=O. The van der Waals surface area contributed by atoms with Crippen molar-refractivity contribution in [1.82, 2.24) is 0 Å². The smallest absolute Gasteiger partial charge is 0.255 e. The number of anilines is 2. The van der Waals surface area contributed by atoms with Gasteiger partial charge in [0, 0.05) is 17.3 Å². The quantitative estimate of drug-likeness (QED) is 0.734. The van der Waals surface area contributed by atoms with Crippen molar-refractivity contribution in [3.63, 3.8) is 0 Å². The number of carbonyl (C=O) groups is 1. The molecule has 1 heterocycles. The Morgan fingerprint density at radius 3 is 2.26 bits per heavy atom. The minimum absolute atomic E-state index is 0.197. The van der Waals surface area contributed by atoms with Crippen LogP contribution in [0.5, 0.6) is 0 Å². The molecule has 1 fully saturated rings. The van der Waals surface area contributed by atoms with Crippen LogP contribution in [0.25, 0.3) is 0 Å². The lowest BCUT2D eigenvalue weighted by Crippen LogP contribution is -2.34. The molecule has 0 spiro atoms. The number of carbonyl (C=O) groups excluding carboxylic acids is 1. The number of rotatable bonds is 5. The average molecular weight is 463 g/mol. The summed E-state index contributed by atoms with van der Waals surface area (Å²) in [5.41, 5.74) is 2.34. The van der Waals surface area contributed by atoms with Gasteiger partial charge in [-0.15, -0.1) is 0 Å². The van der Waals surface area contributed by atoms with Crippen LogP contribution in [0.2, 0.25) is 0 Å². The zero-order valence-electron chi connectivity index (χ0n) is 17.5. The number of benzene rings is 2. The lowest BCUT2D eigenvalue weighted by molar-refractivity contribution is 0.102. The van der Waals surface area contributed by atoms with Crippen molar-refractivity contribution in [1.29, 1.82) is 0 Å². The minimum Gasteiger partial charge on any atom is -0.322 e. The van der Waals surface area contributed by atoms with E-state index in [-0.39, 0.29) is 22.1 Å². The maximum Gasteiger partial charge on any atom is 0.255 e. The van der Waals surface area contributed by atoms with Crippen LogP contribution in [-0.2, 0) is 26.3 Å². The Morgan fingerprint density at radius 1 is 1.00 bits per heavy atom. The highest BCUT2D eigenvalue weighted by Crippen LogP contribution is 2.35. The number of nitrogens with one attached hydrogen (secondary N) is 1. The second-order valence-corrected chi connectivity index (χ2v) is 12.5. The summed E-state index contributed by atoms with van der Waals surface area (Å²) in [6.45, 7) is 1.84. The number of hydrogen-bond acceptors (Lipinski definition) is 5. The molecule has 1 aliphatic carbocycles. The number of amides is 1. The first-order valence-corrected chi connectivity index (χ1v) is 13.7. The molecule has 2 aliphatic rings. The van der Waals surface area contributed by atoms with Crippen LogP contribution in [-0.4, -0.2) is 40.3 Å². The number of sulfonamides is 1. The van der Waals surface area contributed by atoms with Gasteiger partial charge in [-0.05, 0) is 74.2 Å². The van der Waals surface area contributed by atoms with Crippen molar-refractivity contribution in [3.05, 3.63) is 53.6 Å². The van der Waals surface area contributed by atoms with E-state index >= 15 is 0 Å². The molecule has 9 heteroatoms. The highest BCUT2D eigenvalue weighted by molar-refractivity contribution is 7.92. The highest BCUT2D eigenvalue weighted by atomic mass is 32.2. The normalized spacial score (nSPS) is 19.4. The standard InChI is InChI=1S/C22H26N2O5S2/c1-15-13-17-14-16(7-12-21(17)24(15)30(2,26)27)22(25)23-18-8-10-20(11-9-18)31(28,29)19-5-3-4-6-19/h7-12,14-15,19H,3-6,13H2,1-2H3,(H,23,25). The Labute approximate surface area is 183 Å². The number of hydrogen-bond donors (Lipinski definition) is 1. The maximum atomic E-state index is 12.7. The van der Waals surface area contributed by atoms with E-state index in [9.17, 15) is 21.6 Å². The summed E-state index contributed by atoms with van der Waals surface area (Å²) in [6, 6.07) is 11.1. The Balaban J connectivity index is 1.50. The zero-order valence-corrected chi connectivity index (χ0v) is 19.2. The minimum atomic E-state index is -3.39. The Kier molecular flexibility index (Phi) is 5.59. The monoisotopic (exact) mass is 462 g/mol. The molecule has 4 rings (SSSR count). The van der Waals surface area contributed by atoms with E-state index in [1.54, 1.807) is 30.3 Å². The highest BCUT2D eigenvalue weighted by Gasteiger charge is 2.33. The van der Waals surface area contributed by atoms with Gasteiger partial charge >= 0.3 is 0 Å². The predicted octanol–water partition coefficient (Wildman–Crippen LogP) is 3.37. The van der Waals surface area contributed by atoms with Gasteiger partial charge in [-0.1, -0.05) is 12.8 Å². The van der Waals surface area contributed by atoms with Gasteiger partial charge in [0.15, 0.2) is 9.84 Å². The summed E-state index contributed by atoms with van der Waals surface area (Å²) < 4.78 is 50.9. The van der Waals surface area contributed by atoms with Gasteiger partial charge < -0.3 is 5.32 Å². The summed E-state index contributed by atoms with van der Waals surface area (Å²) in [5.74, 6) is -0.334. The molecule has 166 valence electrons. The molecule has 1 unspecified atom stereocenters. The molecule has 0 saturated heterocycles. The third-order valence-corrected chi connectivity index (χ3v) is 9.58. The molecule has 0 aromatic heterocycles. The van der Waals surface area contributed by atoms with E-state index in [0.717, 1.165) is 18.4 Å². The van der Waals surface area contributed by atoms with Crippen LogP contribution in [0.3, 0.4) is 0 Å². The van der Waals surface area contributed by atoms with Crippen LogP contribution < -0.4 is 9.62 Å². The molecule has 1 N–H and O–H groups in total. The van der Waals surface area contributed by atoms with Gasteiger partial charge in [0.2, 0.25) is 10.0 Å². The van der Waals surface area contributed by atoms with E-state index < -0.39 is 19.9 Å². The molecule has 2 aromatic rings. The van der Waals surface area contributed by atoms with Gasteiger partial charge in [0.25, 0.3) is 5.91 Å². The van der Waals surface area contributed by atoms with Crippen molar-refractivity contribution >= 4 is 37.1 Å². The zero-order chi connectivity index (χ0) is 22.4. The summed E-state index contributed by atoms with van der Waals surface area (Å²) in [4.78, 5) is 13.0. The van der Waals surface area contributed by atoms with E-state index in [2.05, 4.69) is 5.32 Å².